The van der Waals surface area contributed by atoms with Gasteiger partial charge in [-0.3, -0.25) is 9.69 Å². The smallest absolute Gasteiger partial charge is 0.236 e. The molecule has 2 aliphatic rings. The van der Waals surface area contributed by atoms with Gasteiger partial charge < -0.3 is 19.8 Å². The third-order valence-electron chi connectivity index (χ3n) is 4.59. The maximum atomic E-state index is 12.5. The van der Waals surface area contributed by atoms with Gasteiger partial charge in [0.15, 0.2) is 0 Å². The molecule has 0 bridgehead atoms. The lowest BCUT2D eigenvalue weighted by molar-refractivity contribution is -0.142. The zero-order valence-electron chi connectivity index (χ0n) is 13.3. The van der Waals surface area contributed by atoms with Gasteiger partial charge in [0.2, 0.25) is 5.91 Å². The molecule has 23 heavy (non-hydrogen) atoms. The number of carbonyl (C=O) groups excluding carboxylic acids is 1. The Bertz CT molecular complexity index is 565. The molecule has 6 heteroatoms. The molecule has 2 aliphatic heterocycles. The van der Waals surface area contributed by atoms with Crippen LogP contribution in [0.25, 0.3) is 0 Å². The van der Waals surface area contributed by atoms with Crippen molar-refractivity contribution >= 4 is 5.91 Å². The number of para-hydroxylation sites is 1. The van der Waals surface area contributed by atoms with Gasteiger partial charge in [-0.05, 0) is 18.9 Å². The van der Waals surface area contributed by atoms with Crippen LogP contribution in [-0.4, -0.2) is 70.9 Å². The van der Waals surface area contributed by atoms with E-state index >= 15 is 0 Å². The largest absolute Gasteiger partial charge is 0.492 e. The van der Waals surface area contributed by atoms with Crippen molar-refractivity contribution in [3.63, 3.8) is 0 Å². The summed E-state index contributed by atoms with van der Waals surface area (Å²) in [7, 11) is 0. The molecule has 1 aromatic rings. The second-order valence-corrected chi connectivity index (χ2v) is 6.47. The maximum absolute atomic E-state index is 12.5. The first-order valence-electron chi connectivity index (χ1n) is 8.14. The number of fused-ring (bicyclic) bond motifs is 1. The molecule has 6 nitrogen and oxygen atoms in total. The fourth-order valence-corrected chi connectivity index (χ4v) is 3.26. The molecule has 2 N–H and O–H groups in total. The fraction of sp³-hybridized carbons (Fsp3) is 0.588. The van der Waals surface area contributed by atoms with E-state index in [1.54, 1.807) is 4.90 Å². The number of hydrogen-bond acceptors (Lipinski definition) is 5. The van der Waals surface area contributed by atoms with Crippen molar-refractivity contribution in [1.82, 2.24) is 9.80 Å². The van der Waals surface area contributed by atoms with Crippen molar-refractivity contribution in [1.29, 1.82) is 0 Å². The average Bonchev–Trinajstić information content (AvgIpc) is 2.76. The lowest BCUT2D eigenvalue weighted by Crippen LogP contribution is -2.54. The molecular formula is C17H24N2O4. The van der Waals surface area contributed by atoms with Crippen molar-refractivity contribution in [3.8, 4) is 5.75 Å². The molecule has 126 valence electrons. The first kappa shape index (κ1) is 16.2. The summed E-state index contributed by atoms with van der Waals surface area (Å²) >= 11 is 0. The minimum Gasteiger partial charge on any atom is -0.492 e. The summed E-state index contributed by atoms with van der Waals surface area (Å²) in [5.74, 6) is 0.881. The van der Waals surface area contributed by atoms with Crippen molar-refractivity contribution in [2.75, 3.05) is 39.4 Å². The van der Waals surface area contributed by atoms with Crippen LogP contribution in [0.3, 0.4) is 0 Å². The van der Waals surface area contributed by atoms with Gasteiger partial charge in [-0.2, -0.15) is 0 Å². The van der Waals surface area contributed by atoms with E-state index in [2.05, 4.69) is 4.90 Å². The summed E-state index contributed by atoms with van der Waals surface area (Å²) in [4.78, 5) is 16.3. The molecule has 0 radical (unpaired) electrons. The molecule has 3 rings (SSSR count). The van der Waals surface area contributed by atoms with Crippen molar-refractivity contribution < 1.29 is 19.7 Å². The molecule has 1 atom stereocenters. The molecule has 0 spiro atoms. The number of benzene rings is 1. The Morgan fingerprint density at radius 1 is 1.30 bits per heavy atom. The lowest BCUT2D eigenvalue weighted by Gasteiger charge is -2.38. The number of hydrogen-bond donors (Lipinski definition) is 2. The molecule has 2 heterocycles. The number of aliphatic hydroxyl groups excluding tert-OH is 1. The van der Waals surface area contributed by atoms with E-state index in [-0.39, 0.29) is 19.1 Å². The third-order valence-corrected chi connectivity index (χ3v) is 4.59. The van der Waals surface area contributed by atoms with E-state index in [4.69, 9.17) is 4.74 Å². The number of ether oxygens (including phenoxy) is 1. The van der Waals surface area contributed by atoms with Crippen molar-refractivity contribution in [3.05, 3.63) is 29.8 Å². The van der Waals surface area contributed by atoms with Crippen LogP contribution < -0.4 is 4.74 Å². The lowest BCUT2D eigenvalue weighted by atomic mass is 9.94. The number of aliphatic hydroxyl groups is 2. The highest BCUT2D eigenvalue weighted by molar-refractivity contribution is 5.78. The Morgan fingerprint density at radius 2 is 2.13 bits per heavy atom. The highest BCUT2D eigenvalue weighted by atomic mass is 16.5. The van der Waals surface area contributed by atoms with Gasteiger partial charge in [0.25, 0.3) is 0 Å². The van der Waals surface area contributed by atoms with Gasteiger partial charge in [0.05, 0.1) is 19.7 Å². The number of nitrogens with zero attached hydrogens (tertiary/aromatic N) is 2. The van der Waals surface area contributed by atoms with Crippen LogP contribution >= 0.6 is 0 Å². The third kappa shape index (κ3) is 3.83. The topological polar surface area (TPSA) is 73.2 Å². The van der Waals surface area contributed by atoms with E-state index in [0.29, 0.717) is 39.2 Å². The predicted octanol–water partition coefficient (Wildman–Crippen LogP) is 0.227. The molecule has 1 saturated heterocycles. The van der Waals surface area contributed by atoms with E-state index < -0.39 is 5.60 Å². The van der Waals surface area contributed by atoms with Crippen LogP contribution in [0.15, 0.2) is 24.3 Å². The standard InChI is InChI=1S/C17H24N2O4/c20-13-17(22)6-3-7-19(12-17)16(21)11-18-8-9-23-15-5-2-1-4-14(15)10-18/h1-2,4-5,20,22H,3,6-13H2/t17-/m1/s1. The van der Waals surface area contributed by atoms with Crippen LogP contribution in [-0.2, 0) is 11.3 Å². The molecule has 0 aliphatic carbocycles. The Kier molecular flexibility index (Phi) is 4.84. The van der Waals surface area contributed by atoms with Gasteiger partial charge in [-0.25, -0.2) is 0 Å². The Balaban J connectivity index is 1.62. The van der Waals surface area contributed by atoms with Gasteiger partial charge in [0.1, 0.15) is 18.0 Å². The molecule has 0 aromatic heterocycles. The van der Waals surface area contributed by atoms with Gasteiger partial charge in [-0.1, -0.05) is 18.2 Å². The number of amides is 1. The highest BCUT2D eigenvalue weighted by Crippen LogP contribution is 2.23. The minimum absolute atomic E-state index is 0.00374. The molecular weight excluding hydrogens is 296 g/mol. The van der Waals surface area contributed by atoms with E-state index in [0.717, 1.165) is 17.7 Å². The second-order valence-electron chi connectivity index (χ2n) is 6.47. The summed E-state index contributed by atoms with van der Waals surface area (Å²) in [6.07, 6.45) is 1.26. The first-order chi connectivity index (χ1) is 11.1. The van der Waals surface area contributed by atoms with Crippen molar-refractivity contribution in [2.24, 2.45) is 0 Å². The SMILES string of the molecule is O=C(CN1CCOc2ccccc2C1)N1CCC[C@](O)(CO)C1. The van der Waals surface area contributed by atoms with E-state index in [1.807, 2.05) is 24.3 Å². The van der Waals surface area contributed by atoms with Gasteiger partial charge in [0, 0.05) is 25.2 Å². The van der Waals surface area contributed by atoms with Gasteiger partial charge >= 0.3 is 0 Å². The Hall–Kier alpha value is -1.63. The van der Waals surface area contributed by atoms with Crippen LogP contribution in [0.4, 0.5) is 0 Å². The summed E-state index contributed by atoms with van der Waals surface area (Å²) < 4.78 is 5.72. The number of rotatable bonds is 3. The van der Waals surface area contributed by atoms with Crippen LogP contribution in [0.1, 0.15) is 18.4 Å². The molecule has 1 aromatic carbocycles. The van der Waals surface area contributed by atoms with E-state index in [1.165, 1.54) is 0 Å². The fourth-order valence-electron chi connectivity index (χ4n) is 3.26. The van der Waals surface area contributed by atoms with Gasteiger partial charge in [-0.15, -0.1) is 0 Å². The molecule has 1 amide bonds. The van der Waals surface area contributed by atoms with Crippen LogP contribution in [0, 0.1) is 0 Å². The number of carbonyl (C=O) groups is 1. The first-order valence-corrected chi connectivity index (χ1v) is 8.14. The average molecular weight is 320 g/mol. The monoisotopic (exact) mass is 320 g/mol. The zero-order valence-corrected chi connectivity index (χ0v) is 13.3. The van der Waals surface area contributed by atoms with E-state index in [9.17, 15) is 15.0 Å². The maximum Gasteiger partial charge on any atom is 0.236 e. The molecule has 1 fully saturated rings. The minimum atomic E-state index is -1.15. The Labute approximate surface area is 136 Å². The second kappa shape index (κ2) is 6.86. The molecule has 0 saturated carbocycles. The number of β-amino-alcohol motifs (C(OH)–C–C–N with tert-alkyl or cyclic N) is 1. The van der Waals surface area contributed by atoms with Crippen LogP contribution in [0.5, 0.6) is 5.75 Å². The number of piperidine rings is 1. The Morgan fingerprint density at radius 3 is 2.96 bits per heavy atom. The summed E-state index contributed by atoms with van der Waals surface area (Å²) in [6.45, 7) is 2.79. The van der Waals surface area contributed by atoms with Crippen molar-refractivity contribution in [2.45, 2.75) is 25.0 Å². The summed E-state index contributed by atoms with van der Waals surface area (Å²) in [5.41, 5.74) is -0.0640. The normalized spacial score (nSPS) is 25.4. The predicted molar refractivity (Wildman–Crippen MR) is 85.1 cm³/mol. The number of likely N-dealkylation sites (tertiary alicyclic amines) is 1. The quantitative estimate of drug-likeness (QED) is 0.834. The summed E-state index contributed by atoms with van der Waals surface area (Å²) in [5, 5.41) is 19.5. The summed E-state index contributed by atoms with van der Waals surface area (Å²) in [6, 6.07) is 7.89. The molecule has 0 unspecified atom stereocenters. The zero-order chi connectivity index (χ0) is 16.3. The highest BCUT2D eigenvalue weighted by Gasteiger charge is 2.35. The van der Waals surface area contributed by atoms with Crippen LogP contribution in [0.2, 0.25) is 0 Å².